The number of hydrogen-bond donors (Lipinski definition) is 2. The van der Waals surface area contributed by atoms with Crippen molar-refractivity contribution in [2.45, 2.75) is 12.8 Å². The second kappa shape index (κ2) is 6.53. The van der Waals surface area contributed by atoms with Gasteiger partial charge in [-0.05, 0) is 18.4 Å². The van der Waals surface area contributed by atoms with Crippen LogP contribution in [0.4, 0.5) is 11.9 Å². The van der Waals surface area contributed by atoms with Crippen LogP contribution in [0.1, 0.15) is 12.0 Å². The maximum atomic E-state index is 5.55. The van der Waals surface area contributed by atoms with Crippen molar-refractivity contribution in [3.63, 3.8) is 0 Å². The Morgan fingerprint density at radius 1 is 1.16 bits per heavy atom. The number of benzene rings is 1. The average molecular weight is 259 g/mol. The molecule has 100 valence electrons. The summed E-state index contributed by atoms with van der Waals surface area (Å²) in [6.07, 6.45) is 1.99. The molecule has 6 heteroatoms. The SMILES string of the molecule is COc1nc(N)nc(NCCCc2ccccc2)n1. The van der Waals surface area contributed by atoms with Gasteiger partial charge in [0, 0.05) is 6.54 Å². The van der Waals surface area contributed by atoms with E-state index in [2.05, 4.69) is 32.4 Å². The van der Waals surface area contributed by atoms with E-state index in [4.69, 9.17) is 10.5 Å². The van der Waals surface area contributed by atoms with Crippen LogP contribution >= 0.6 is 0 Å². The summed E-state index contributed by atoms with van der Waals surface area (Å²) in [7, 11) is 1.49. The van der Waals surface area contributed by atoms with E-state index in [-0.39, 0.29) is 12.0 Å². The van der Waals surface area contributed by atoms with E-state index in [0.717, 1.165) is 19.4 Å². The topological polar surface area (TPSA) is 86.0 Å². The summed E-state index contributed by atoms with van der Waals surface area (Å²) in [5.74, 6) is 0.592. The van der Waals surface area contributed by atoms with Crippen LogP contribution in [0.25, 0.3) is 0 Å². The van der Waals surface area contributed by atoms with E-state index in [1.165, 1.54) is 12.7 Å². The lowest BCUT2D eigenvalue weighted by atomic mass is 10.1. The van der Waals surface area contributed by atoms with Crippen molar-refractivity contribution in [3.05, 3.63) is 35.9 Å². The molecule has 0 aliphatic heterocycles. The van der Waals surface area contributed by atoms with E-state index >= 15 is 0 Å². The normalized spacial score (nSPS) is 10.2. The molecule has 1 heterocycles. The van der Waals surface area contributed by atoms with E-state index in [1.807, 2.05) is 18.2 Å². The van der Waals surface area contributed by atoms with Crippen LogP contribution in [0.5, 0.6) is 6.01 Å². The van der Waals surface area contributed by atoms with Crippen LogP contribution in [-0.2, 0) is 6.42 Å². The summed E-state index contributed by atoms with van der Waals surface area (Å²) in [6, 6.07) is 10.5. The molecule has 0 aliphatic carbocycles. The molecule has 0 spiro atoms. The number of nitrogens with zero attached hydrogens (tertiary/aromatic N) is 3. The van der Waals surface area contributed by atoms with Crippen molar-refractivity contribution in [3.8, 4) is 6.01 Å². The van der Waals surface area contributed by atoms with Gasteiger partial charge in [-0.15, -0.1) is 0 Å². The monoisotopic (exact) mass is 259 g/mol. The Morgan fingerprint density at radius 3 is 2.68 bits per heavy atom. The molecule has 2 rings (SSSR count). The molecule has 2 aromatic rings. The van der Waals surface area contributed by atoms with Crippen LogP contribution in [-0.4, -0.2) is 28.6 Å². The zero-order valence-electron chi connectivity index (χ0n) is 10.8. The number of methoxy groups -OCH3 is 1. The third-order valence-electron chi connectivity index (χ3n) is 2.58. The second-order valence-electron chi connectivity index (χ2n) is 4.02. The molecule has 0 bridgehead atoms. The molecular formula is C13H17N5O. The molecule has 19 heavy (non-hydrogen) atoms. The molecule has 0 saturated heterocycles. The highest BCUT2D eigenvalue weighted by molar-refractivity contribution is 5.32. The number of aromatic nitrogens is 3. The first-order valence-corrected chi connectivity index (χ1v) is 6.11. The van der Waals surface area contributed by atoms with Gasteiger partial charge in [-0.1, -0.05) is 30.3 Å². The number of rotatable bonds is 6. The smallest absolute Gasteiger partial charge is 0.322 e. The molecule has 6 nitrogen and oxygen atoms in total. The van der Waals surface area contributed by atoms with Crippen molar-refractivity contribution in [1.82, 2.24) is 15.0 Å². The van der Waals surface area contributed by atoms with Gasteiger partial charge in [-0.2, -0.15) is 15.0 Å². The third kappa shape index (κ3) is 4.09. The summed E-state index contributed by atoms with van der Waals surface area (Å²) >= 11 is 0. The van der Waals surface area contributed by atoms with Gasteiger partial charge in [0.15, 0.2) is 0 Å². The van der Waals surface area contributed by atoms with Crippen molar-refractivity contribution < 1.29 is 4.74 Å². The predicted octanol–water partition coefficient (Wildman–Crippen LogP) is 1.51. The highest BCUT2D eigenvalue weighted by atomic mass is 16.5. The van der Waals surface area contributed by atoms with Gasteiger partial charge < -0.3 is 15.8 Å². The van der Waals surface area contributed by atoms with E-state index < -0.39 is 0 Å². The summed E-state index contributed by atoms with van der Waals surface area (Å²) in [5, 5.41) is 3.11. The van der Waals surface area contributed by atoms with E-state index in [1.54, 1.807) is 0 Å². The lowest BCUT2D eigenvalue weighted by Gasteiger charge is -2.06. The number of hydrogen-bond acceptors (Lipinski definition) is 6. The standard InChI is InChI=1S/C13H17N5O/c1-19-13-17-11(14)16-12(18-13)15-9-5-8-10-6-3-2-4-7-10/h2-4,6-7H,5,8-9H2,1H3,(H3,14,15,16,17,18). The van der Waals surface area contributed by atoms with Gasteiger partial charge in [0.2, 0.25) is 11.9 Å². The Morgan fingerprint density at radius 2 is 1.95 bits per heavy atom. The van der Waals surface area contributed by atoms with E-state index in [0.29, 0.717) is 5.95 Å². The maximum absolute atomic E-state index is 5.55. The predicted molar refractivity (Wildman–Crippen MR) is 74.0 cm³/mol. The number of nitrogens with one attached hydrogen (secondary N) is 1. The highest BCUT2D eigenvalue weighted by Gasteiger charge is 2.03. The van der Waals surface area contributed by atoms with Crippen LogP contribution in [0.2, 0.25) is 0 Å². The van der Waals surface area contributed by atoms with Gasteiger partial charge in [-0.25, -0.2) is 0 Å². The molecule has 0 unspecified atom stereocenters. The Balaban J connectivity index is 1.81. The zero-order chi connectivity index (χ0) is 13.5. The molecule has 1 aromatic heterocycles. The minimum absolute atomic E-state index is 0.150. The number of nitrogens with two attached hydrogens (primary N) is 1. The van der Waals surface area contributed by atoms with Crippen LogP contribution in [0.3, 0.4) is 0 Å². The minimum Gasteiger partial charge on any atom is -0.467 e. The molecule has 3 N–H and O–H groups in total. The summed E-state index contributed by atoms with van der Waals surface area (Å²) in [4.78, 5) is 11.9. The molecule has 1 aromatic carbocycles. The Labute approximate surface area is 112 Å². The maximum Gasteiger partial charge on any atom is 0.322 e. The second-order valence-corrected chi connectivity index (χ2v) is 4.02. The summed E-state index contributed by atoms with van der Waals surface area (Å²) in [6.45, 7) is 0.765. The fraction of sp³-hybridized carbons (Fsp3) is 0.308. The average Bonchev–Trinajstić information content (AvgIpc) is 2.44. The highest BCUT2D eigenvalue weighted by Crippen LogP contribution is 2.08. The molecule has 0 saturated carbocycles. The molecule has 0 amide bonds. The first kappa shape index (κ1) is 13.1. The molecule has 0 atom stereocenters. The van der Waals surface area contributed by atoms with Gasteiger partial charge in [0.1, 0.15) is 0 Å². The quantitative estimate of drug-likeness (QED) is 0.765. The number of nitrogen functional groups attached to an aromatic ring is 1. The fourth-order valence-corrected chi connectivity index (χ4v) is 1.68. The minimum atomic E-state index is 0.150. The van der Waals surface area contributed by atoms with Gasteiger partial charge in [0.25, 0.3) is 0 Å². The first-order chi connectivity index (χ1) is 9.28. The number of ether oxygens (including phenoxy) is 1. The number of aryl methyl sites for hydroxylation is 1. The third-order valence-corrected chi connectivity index (χ3v) is 2.58. The van der Waals surface area contributed by atoms with Crippen LogP contribution in [0.15, 0.2) is 30.3 Å². The zero-order valence-corrected chi connectivity index (χ0v) is 10.8. The lowest BCUT2D eigenvalue weighted by molar-refractivity contribution is 0.379. The summed E-state index contributed by atoms with van der Waals surface area (Å²) in [5.41, 5.74) is 6.86. The van der Waals surface area contributed by atoms with Crippen LogP contribution < -0.4 is 15.8 Å². The molecule has 0 radical (unpaired) electrons. The largest absolute Gasteiger partial charge is 0.467 e. The van der Waals surface area contributed by atoms with Gasteiger partial charge in [0.05, 0.1) is 7.11 Å². The Hall–Kier alpha value is -2.37. The lowest BCUT2D eigenvalue weighted by Crippen LogP contribution is -2.09. The van der Waals surface area contributed by atoms with Crippen molar-refractivity contribution >= 4 is 11.9 Å². The van der Waals surface area contributed by atoms with E-state index in [9.17, 15) is 0 Å². The van der Waals surface area contributed by atoms with Gasteiger partial charge in [-0.3, -0.25) is 0 Å². The molecule has 0 aliphatic rings. The first-order valence-electron chi connectivity index (χ1n) is 6.11. The fourth-order valence-electron chi connectivity index (χ4n) is 1.68. The molecular weight excluding hydrogens is 242 g/mol. The molecule has 0 fully saturated rings. The number of anilines is 2. The van der Waals surface area contributed by atoms with Crippen molar-refractivity contribution in [2.24, 2.45) is 0 Å². The van der Waals surface area contributed by atoms with Crippen LogP contribution in [0, 0.1) is 0 Å². The van der Waals surface area contributed by atoms with Crippen molar-refractivity contribution in [2.75, 3.05) is 24.7 Å². The summed E-state index contributed by atoms with van der Waals surface area (Å²) < 4.78 is 4.93. The Bertz CT molecular complexity index is 518. The van der Waals surface area contributed by atoms with Gasteiger partial charge >= 0.3 is 6.01 Å². The van der Waals surface area contributed by atoms with Crippen molar-refractivity contribution in [1.29, 1.82) is 0 Å². The Kier molecular flexibility index (Phi) is 4.49.